The van der Waals surface area contributed by atoms with Gasteiger partial charge in [-0.1, -0.05) is 31.5 Å². The molecular weight excluding hydrogens is 432 g/mol. The number of benzene rings is 2. The summed E-state index contributed by atoms with van der Waals surface area (Å²) in [7, 11) is 3.68. The minimum Gasteiger partial charge on any atom is -0.497 e. The van der Waals surface area contributed by atoms with Crippen LogP contribution in [0.4, 0.5) is 5.82 Å². The van der Waals surface area contributed by atoms with Gasteiger partial charge in [0.2, 0.25) is 0 Å². The molecule has 0 bridgehead atoms. The lowest BCUT2D eigenvalue weighted by Gasteiger charge is -2.29. The Hall–Kier alpha value is -3.43. The molecule has 34 heavy (non-hydrogen) atoms. The summed E-state index contributed by atoms with van der Waals surface area (Å²) in [4.78, 5) is 15.6. The number of anilines is 1. The molecule has 2 aromatic carbocycles. The van der Waals surface area contributed by atoms with E-state index in [4.69, 9.17) is 15.2 Å². The molecular formula is C25H32N6O3. The van der Waals surface area contributed by atoms with E-state index in [2.05, 4.69) is 32.8 Å². The highest BCUT2D eigenvalue weighted by Crippen LogP contribution is 2.30. The molecule has 4 aromatic rings. The van der Waals surface area contributed by atoms with Crippen molar-refractivity contribution in [1.82, 2.24) is 19.5 Å². The molecule has 2 heterocycles. The summed E-state index contributed by atoms with van der Waals surface area (Å²) in [5, 5.41) is 11.5. The minimum absolute atomic E-state index is 0.0833. The molecule has 0 saturated carbocycles. The topological polar surface area (TPSA) is 112 Å². The van der Waals surface area contributed by atoms with Gasteiger partial charge < -0.3 is 29.8 Å². The molecule has 0 aliphatic carbocycles. The smallest absolute Gasteiger partial charge is 0.165 e. The van der Waals surface area contributed by atoms with Crippen molar-refractivity contribution in [3.8, 4) is 11.5 Å². The van der Waals surface area contributed by atoms with Crippen molar-refractivity contribution >= 4 is 27.8 Å². The zero-order valence-electron chi connectivity index (χ0n) is 19.9. The Kier molecular flexibility index (Phi) is 7.44. The fourth-order valence-corrected chi connectivity index (χ4v) is 4.12. The molecule has 0 spiro atoms. The first-order valence-electron chi connectivity index (χ1n) is 11.5. The Labute approximate surface area is 199 Å². The lowest BCUT2D eigenvalue weighted by molar-refractivity contribution is 0.166. The van der Waals surface area contributed by atoms with E-state index in [0.717, 1.165) is 46.6 Å². The monoisotopic (exact) mass is 464 g/mol. The van der Waals surface area contributed by atoms with Gasteiger partial charge in [-0.05, 0) is 30.0 Å². The summed E-state index contributed by atoms with van der Waals surface area (Å²) in [6.07, 6.45) is 4.74. The predicted octanol–water partition coefficient (Wildman–Crippen LogP) is 3.34. The van der Waals surface area contributed by atoms with Crippen molar-refractivity contribution in [1.29, 1.82) is 0 Å². The average molecular weight is 465 g/mol. The van der Waals surface area contributed by atoms with E-state index in [1.54, 1.807) is 19.8 Å². The number of aliphatic hydroxyl groups excluding tert-OH is 1. The fraction of sp³-hybridized carbons (Fsp3) is 0.400. The molecule has 1 unspecified atom stereocenters. The van der Waals surface area contributed by atoms with Crippen molar-refractivity contribution in [2.75, 3.05) is 25.7 Å². The number of imidazole rings is 1. The van der Waals surface area contributed by atoms with Crippen LogP contribution >= 0.6 is 0 Å². The maximum Gasteiger partial charge on any atom is 0.165 e. The van der Waals surface area contributed by atoms with E-state index in [-0.39, 0.29) is 6.04 Å². The highest BCUT2D eigenvalue weighted by atomic mass is 16.5. The van der Waals surface area contributed by atoms with E-state index in [1.165, 1.54) is 0 Å². The van der Waals surface area contributed by atoms with Gasteiger partial charge in [-0.2, -0.15) is 0 Å². The molecule has 0 aliphatic rings. The van der Waals surface area contributed by atoms with Crippen LogP contribution in [0.2, 0.25) is 0 Å². The van der Waals surface area contributed by atoms with Crippen LogP contribution < -0.4 is 20.1 Å². The summed E-state index contributed by atoms with van der Waals surface area (Å²) in [6, 6.07) is 12.1. The quantitative estimate of drug-likeness (QED) is 0.325. The van der Waals surface area contributed by atoms with Gasteiger partial charge in [-0.3, -0.25) is 0 Å². The van der Waals surface area contributed by atoms with Crippen molar-refractivity contribution in [3.05, 3.63) is 49.1 Å². The van der Waals surface area contributed by atoms with Crippen LogP contribution in [0.5, 0.6) is 11.5 Å². The number of nitrogens with zero attached hydrogens (tertiary/aromatic N) is 5. The SMILES string of the molecule is CCC[C@H](COc1cccc2ccc(OC)cc12)N(C)c1ncnc2c1ncn2CCC(N)O. The van der Waals surface area contributed by atoms with Gasteiger partial charge in [-0.25, -0.2) is 15.0 Å². The zero-order valence-corrected chi connectivity index (χ0v) is 19.9. The average Bonchev–Trinajstić information content (AvgIpc) is 3.27. The second kappa shape index (κ2) is 10.7. The van der Waals surface area contributed by atoms with Crippen LogP contribution in [0, 0.1) is 0 Å². The number of aryl methyl sites for hydroxylation is 1. The van der Waals surface area contributed by atoms with Gasteiger partial charge in [0.05, 0.1) is 19.5 Å². The number of hydrogen-bond acceptors (Lipinski definition) is 8. The molecule has 9 heteroatoms. The van der Waals surface area contributed by atoms with Gasteiger partial charge in [0.15, 0.2) is 17.0 Å². The first kappa shape index (κ1) is 23.7. The summed E-state index contributed by atoms with van der Waals surface area (Å²) < 4.78 is 13.6. The number of fused-ring (bicyclic) bond motifs is 2. The maximum absolute atomic E-state index is 9.43. The molecule has 0 saturated heterocycles. The van der Waals surface area contributed by atoms with Crippen LogP contribution in [-0.4, -0.2) is 57.7 Å². The maximum atomic E-state index is 9.43. The third kappa shape index (κ3) is 5.05. The summed E-state index contributed by atoms with van der Waals surface area (Å²) in [6.45, 7) is 3.18. The Balaban J connectivity index is 1.57. The van der Waals surface area contributed by atoms with Crippen LogP contribution in [0.3, 0.4) is 0 Å². The number of likely N-dealkylation sites (N-methyl/N-ethyl adjacent to an activating group) is 1. The lowest BCUT2D eigenvalue weighted by atomic mass is 10.1. The normalized spacial score (nSPS) is 13.2. The largest absolute Gasteiger partial charge is 0.497 e. The number of hydrogen-bond donors (Lipinski definition) is 2. The fourth-order valence-electron chi connectivity index (χ4n) is 4.12. The van der Waals surface area contributed by atoms with Gasteiger partial charge in [0.25, 0.3) is 0 Å². The zero-order chi connectivity index (χ0) is 24.1. The van der Waals surface area contributed by atoms with Gasteiger partial charge in [-0.15, -0.1) is 0 Å². The first-order valence-corrected chi connectivity index (χ1v) is 11.5. The number of ether oxygens (including phenoxy) is 2. The second-order valence-electron chi connectivity index (χ2n) is 8.37. The first-order chi connectivity index (χ1) is 16.5. The lowest BCUT2D eigenvalue weighted by Crippen LogP contribution is -2.37. The molecule has 0 aliphatic heterocycles. The molecule has 2 atom stereocenters. The van der Waals surface area contributed by atoms with E-state index in [1.807, 2.05) is 41.9 Å². The highest BCUT2D eigenvalue weighted by molar-refractivity contribution is 5.89. The predicted molar refractivity (Wildman–Crippen MR) is 133 cm³/mol. The molecule has 180 valence electrons. The van der Waals surface area contributed by atoms with Crippen molar-refractivity contribution < 1.29 is 14.6 Å². The molecule has 2 aromatic heterocycles. The van der Waals surface area contributed by atoms with Gasteiger partial charge in [0.1, 0.15) is 30.7 Å². The molecule has 0 amide bonds. The summed E-state index contributed by atoms with van der Waals surface area (Å²) in [5.74, 6) is 2.37. The molecule has 4 rings (SSSR count). The van der Waals surface area contributed by atoms with Gasteiger partial charge in [0, 0.05) is 25.4 Å². The van der Waals surface area contributed by atoms with Crippen LogP contribution in [-0.2, 0) is 6.54 Å². The third-order valence-corrected chi connectivity index (χ3v) is 6.03. The summed E-state index contributed by atoms with van der Waals surface area (Å²) >= 11 is 0. The molecule has 9 nitrogen and oxygen atoms in total. The molecule has 0 radical (unpaired) electrons. The molecule has 0 fully saturated rings. The van der Waals surface area contributed by atoms with E-state index in [0.29, 0.717) is 25.1 Å². The molecule has 3 N–H and O–H groups in total. The standard InChI is InChI=1S/C25H32N6O3/c1-4-6-18(14-34-21-8-5-7-17-9-10-19(33-3)13-20(17)21)30(2)24-23-25(28-15-27-24)31(16-29-23)12-11-22(26)32/h5,7-10,13,15-16,18,22,32H,4,6,11-12,14,26H2,1-3H3/t18-,22?/m1/s1. The van der Waals surface area contributed by atoms with Crippen molar-refractivity contribution in [3.63, 3.8) is 0 Å². The number of aliphatic hydroxyl groups is 1. The number of aromatic nitrogens is 4. The van der Waals surface area contributed by atoms with E-state index in [9.17, 15) is 5.11 Å². The highest BCUT2D eigenvalue weighted by Gasteiger charge is 2.21. The third-order valence-electron chi connectivity index (χ3n) is 6.03. The second-order valence-corrected chi connectivity index (χ2v) is 8.37. The van der Waals surface area contributed by atoms with Crippen LogP contribution in [0.25, 0.3) is 21.9 Å². The number of methoxy groups -OCH3 is 1. The Morgan fingerprint density at radius 1 is 1.15 bits per heavy atom. The van der Waals surface area contributed by atoms with Crippen molar-refractivity contribution in [2.24, 2.45) is 5.73 Å². The van der Waals surface area contributed by atoms with Crippen molar-refractivity contribution in [2.45, 2.75) is 45.0 Å². The Morgan fingerprint density at radius 2 is 2.00 bits per heavy atom. The van der Waals surface area contributed by atoms with E-state index < -0.39 is 6.23 Å². The summed E-state index contributed by atoms with van der Waals surface area (Å²) in [5.41, 5.74) is 6.93. The van der Waals surface area contributed by atoms with Crippen LogP contribution in [0.1, 0.15) is 26.2 Å². The Bertz CT molecular complexity index is 1240. The van der Waals surface area contributed by atoms with Crippen LogP contribution in [0.15, 0.2) is 49.1 Å². The van der Waals surface area contributed by atoms with E-state index >= 15 is 0 Å². The number of rotatable bonds is 11. The minimum atomic E-state index is -0.874. The Morgan fingerprint density at radius 3 is 2.76 bits per heavy atom. The number of nitrogens with two attached hydrogens (primary N) is 1. The van der Waals surface area contributed by atoms with Gasteiger partial charge >= 0.3 is 0 Å².